The van der Waals surface area contributed by atoms with Crippen LogP contribution in [0.1, 0.15) is 5.56 Å². The average Bonchev–Trinajstić information content (AvgIpc) is 3.31. The second kappa shape index (κ2) is 4.79. The van der Waals surface area contributed by atoms with E-state index in [0.29, 0.717) is 0 Å². The Hall–Kier alpha value is -3.47. The number of fused-ring (bicyclic) bond motifs is 7. The van der Waals surface area contributed by atoms with Crippen molar-refractivity contribution in [1.29, 1.82) is 0 Å². The van der Waals surface area contributed by atoms with Crippen LogP contribution in [-0.2, 0) is 13.6 Å². The normalized spacial score (nSPS) is 12.7. The number of hydrogen-bond donors (Lipinski definition) is 0. The molecule has 5 aromatic rings. The number of benzene rings is 1. The lowest BCUT2D eigenvalue weighted by atomic mass is 10.2. The highest BCUT2D eigenvalue weighted by Gasteiger charge is 2.39. The summed E-state index contributed by atoms with van der Waals surface area (Å²) in [6.45, 7) is 0.824. The molecule has 5 nitrogen and oxygen atoms in total. The van der Waals surface area contributed by atoms with Gasteiger partial charge in [0, 0.05) is 25.0 Å². The summed E-state index contributed by atoms with van der Waals surface area (Å²) in [5.74, 6) is 1.12. The molecule has 0 aliphatic carbocycles. The zero-order chi connectivity index (χ0) is 17.3. The summed E-state index contributed by atoms with van der Waals surface area (Å²) >= 11 is 0. The Kier molecular flexibility index (Phi) is 2.54. The maximum atomic E-state index is 4.70. The van der Waals surface area contributed by atoms with Crippen LogP contribution in [0.25, 0.3) is 39.4 Å². The molecule has 0 fully saturated rings. The summed E-state index contributed by atoms with van der Waals surface area (Å²) in [5.41, 5.74) is 7.93. The Balaban J connectivity index is 1.87. The fourth-order valence-electron chi connectivity index (χ4n) is 4.21. The number of nitrogens with zero attached hydrogens (tertiary/aromatic N) is 5. The largest absolute Gasteiger partial charge is 0.316 e. The third-order valence-electron chi connectivity index (χ3n) is 5.30. The van der Waals surface area contributed by atoms with Gasteiger partial charge in [0.25, 0.3) is 5.65 Å². The lowest BCUT2D eigenvalue weighted by Crippen LogP contribution is -2.31. The predicted molar refractivity (Wildman–Crippen MR) is 100 cm³/mol. The number of aromatic nitrogens is 5. The topological polar surface area (TPSA) is 39.5 Å². The molecule has 0 saturated carbocycles. The Morgan fingerprint density at radius 2 is 1.73 bits per heavy atom. The SMILES string of the molecule is Cn1c2cccnc2c2c1n(-c1ccccc1)c1[n+]2Cc2cccnc2-1. The number of hydrogen-bond acceptors (Lipinski definition) is 2. The van der Waals surface area contributed by atoms with Crippen LogP contribution in [0.5, 0.6) is 0 Å². The Labute approximate surface area is 149 Å². The van der Waals surface area contributed by atoms with Gasteiger partial charge in [0.15, 0.2) is 5.69 Å². The second-order valence-corrected chi connectivity index (χ2v) is 6.69. The van der Waals surface area contributed by atoms with Crippen LogP contribution >= 0.6 is 0 Å². The van der Waals surface area contributed by atoms with Gasteiger partial charge in [0.1, 0.15) is 17.7 Å². The summed E-state index contributed by atoms with van der Waals surface area (Å²) in [7, 11) is 2.11. The highest BCUT2D eigenvalue weighted by atomic mass is 15.3. The first kappa shape index (κ1) is 13.8. The number of imidazole rings is 1. The Morgan fingerprint density at radius 1 is 0.923 bits per heavy atom. The van der Waals surface area contributed by atoms with Crippen molar-refractivity contribution in [3.8, 4) is 17.2 Å². The molecule has 0 radical (unpaired) electrons. The van der Waals surface area contributed by atoms with E-state index in [2.05, 4.69) is 57.1 Å². The molecule has 0 atom stereocenters. The van der Waals surface area contributed by atoms with Crippen LogP contribution in [-0.4, -0.2) is 19.1 Å². The van der Waals surface area contributed by atoms with Crippen LogP contribution in [0.15, 0.2) is 67.0 Å². The fourth-order valence-corrected chi connectivity index (χ4v) is 4.21. The standard InChI is InChI=1S/C21H16N5/c1-24-16-10-6-12-23-18(16)19-21(24)26(15-8-3-2-4-9-15)20-17-14(13-25(19)20)7-5-11-22-17/h2-12H,13H2,1H3/q+1. The van der Waals surface area contributed by atoms with E-state index < -0.39 is 0 Å². The molecule has 0 saturated heterocycles. The molecule has 1 aliphatic heterocycles. The molecule has 26 heavy (non-hydrogen) atoms. The van der Waals surface area contributed by atoms with Crippen molar-refractivity contribution >= 4 is 22.2 Å². The summed E-state index contributed by atoms with van der Waals surface area (Å²) < 4.78 is 6.91. The van der Waals surface area contributed by atoms with Crippen molar-refractivity contribution < 1.29 is 4.57 Å². The lowest BCUT2D eigenvalue weighted by molar-refractivity contribution is -0.645. The molecular formula is C21H16N5+. The highest BCUT2D eigenvalue weighted by molar-refractivity contribution is 6.01. The second-order valence-electron chi connectivity index (χ2n) is 6.69. The van der Waals surface area contributed by atoms with Gasteiger partial charge in [-0.2, -0.15) is 4.57 Å². The molecule has 4 aromatic heterocycles. The average molecular weight is 338 g/mol. The zero-order valence-electron chi connectivity index (χ0n) is 14.3. The highest BCUT2D eigenvalue weighted by Crippen LogP contribution is 2.35. The van der Waals surface area contributed by atoms with Gasteiger partial charge < -0.3 is 4.57 Å². The summed E-state index contributed by atoms with van der Waals surface area (Å²) in [4.78, 5) is 9.40. The van der Waals surface area contributed by atoms with Crippen molar-refractivity contribution in [2.24, 2.45) is 7.05 Å². The molecular weight excluding hydrogens is 322 g/mol. The molecule has 5 heterocycles. The van der Waals surface area contributed by atoms with Gasteiger partial charge in [0.05, 0.1) is 5.52 Å². The summed E-state index contributed by atoms with van der Waals surface area (Å²) in [5, 5.41) is 0. The maximum absolute atomic E-state index is 4.70. The zero-order valence-corrected chi connectivity index (χ0v) is 14.3. The van der Waals surface area contributed by atoms with Crippen LogP contribution in [0.4, 0.5) is 0 Å². The Bertz CT molecular complexity index is 1310. The molecule has 5 heteroatoms. The quantitative estimate of drug-likeness (QED) is 0.432. The minimum Gasteiger partial charge on any atom is -0.306 e. The lowest BCUT2D eigenvalue weighted by Gasteiger charge is -2.03. The van der Waals surface area contributed by atoms with E-state index in [1.54, 1.807) is 0 Å². The van der Waals surface area contributed by atoms with Gasteiger partial charge in [-0.15, -0.1) is 0 Å². The molecule has 6 rings (SSSR count). The summed E-state index contributed by atoms with van der Waals surface area (Å²) in [6, 6.07) is 18.8. The number of para-hydroxylation sites is 1. The number of aryl methyl sites for hydroxylation is 1. The van der Waals surface area contributed by atoms with Crippen LogP contribution in [0.2, 0.25) is 0 Å². The molecule has 0 spiro atoms. The minimum atomic E-state index is 0.824. The predicted octanol–water partition coefficient (Wildman–Crippen LogP) is 3.23. The van der Waals surface area contributed by atoms with E-state index in [9.17, 15) is 0 Å². The molecule has 1 aromatic carbocycles. The first-order chi connectivity index (χ1) is 12.8. The van der Waals surface area contributed by atoms with Crippen molar-refractivity contribution in [1.82, 2.24) is 19.1 Å². The van der Waals surface area contributed by atoms with E-state index in [-0.39, 0.29) is 0 Å². The third kappa shape index (κ3) is 1.57. The first-order valence-electron chi connectivity index (χ1n) is 8.72. The van der Waals surface area contributed by atoms with Gasteiger partial charge >= 0.3 is 5.82 Å². The molecule has 0 bridgehead atoms. The van der Waals surface area contributed by atoms with Crippen LogP contribution in [0.3, 0.4) is 0 Å². The van der Waals surface area contributed by atoms with E-state index in [4.69, 9.17) is 9.97 Å². The van der Waals surface area contributed by atoms with Crippen molar-refractivity contribution in [2.75, 3.05) is 0 Å². The van der Waals surface area contributed by atoms with Crippen LogP contribution < -0.4 is 4.57 Å². The molecule has 124 valence electrons. The number of pyridine rings is 2. The minimum absolute atomic E-state index is 0.824. The van der Waals surface area contributed by atoms with Crippen molar-refractivity contribution in [3.63, 3.8) is 0 Å². The fraction of sp³-hybridized carbons (Fsp3) is 0.0952. The van der Waals surface area contributed by atoms with E-state index in [0.717, 1.165) is 40.4 Å². The molecule has 0 unspecified atom stereocenters. The monoisotopic (exact) mass is 338 g/mol. The van der Waals surface area contributed by atoms with Gasteiger partial charge in [0.2, 0.25) is 5.52 Å². The van der Waals surface area contributed by atoms with E-state index >= 15 is 0 Å². The van der Waals surface area contributed by atoms with E-state index in [1.807, 2.05) is 30.6 Å². The van der Waals surface area contributed by atoms with Crippen molar-refractivity contribution in [2.45, 2.75) is 6.54 Å². The smallest absolute Gasteiger partial charge is 0.306 e. The Morgan fingerprint density at radius 3 is 2.62 bits per heavy atom. The van der Waals surface area contributed by atoms with Crippen LogP contribution in [0, 0.1) is 0 Å². The molecule has 0 N–H and O–H groups in total. The molecule has 1 aliphatic rings. The number of rotatable bonds is 1. The van der Waals surface area contributed by atoms with Gasteiger partial charge in [-0.05, 0) is 30.3 Å². The first-order valence-corrected chi connectivity index (χ1v) is 8.72. The summed E-state index contributed by atoms with van der Waals surface area (Å²) in [6.07, 6.45) is 3.74. The molecule has 0 amide bonds. The van der Waals surface area contributed by atoms with Gasteiger partial charge in [-0.3, -0.25) is 0 Å². The van der Waals surface area contributed by atoms with Gasteiger partial charge in [-0.1, -0.05) is 24.3 Å². The van der Waals surface area contributed by atoms with Crippen molar-refractivity contribution in [3.05, 3.63) is 72.6 Å². The maximum Gasteiger partial charge on any atom is 0.316 e. The van der Waals surface area contributed by atoms with Gasteiger partial charge in [-0.25, -0.2) is 14.5 Å². The van der Waals surface area contributed by atoms with E-state index in [1.165, 1.54) is 11.1 Å². The third-order valence-corrected chi connectivity index (χ3v) is 5.30.